The molecular weight excluding hydrogens is 429 g/mol. The van der Waals surface area contributed by atoms with Crippen LogP contribution < -0.4 is 20.3 Å². The molecular formula is C19H22F5N3O4. The van der Waals surface area contributed by atoms with Crippen LogP contribution in [0, 0.1) is 12.8 Å². The van der Waals surface area contributed by atoms with Gasteiger partial charge in [0.15, 0.2) is 0 Å². The Morgan fingerprint density at radius 3 is 2.39 bits per heavy atom. The van der Waals surface area contributed by atoms with E-state index in [0.29, 0.717) is 11.4 Å². The summed E-state index contributed by atoms with van der Waals surface area (Å²) in [7, 11) is 1.47. The minimum Gasteiger partial charge on any atom is -0.486 e. The molecule has 3 amide bonds. The van der Waals surface area contributed by atoms with E-state index in [0.717, 1.165) is 12.5 Å². The summed E-state index contributed by atoms with van der Waals surface area (Å²) in [6.45, 7) is 2.34. The zero-order chi connectivity index (χ0) is 23.7. The molecule has 172 valence electrons. The number of rotatable bonds is 5. The summed E-state index contributed by atoms with van der Waals surface area (Å²) >= 11 is 0. The fourth-order valence-electron chi connectivity index (χ4n) is 2.81. The third-order valence-corrected chi connectivity index (χ3v) is 4.84. The lowest BCUT2D eigenvalue weighted by Crippen LogP contribution is -2.56. The Morgan fingerprint density at radius 2 is 1.81 bits per heavy atom. The quantitative estimate of drug-likeness (QED) is 0.531. The van der Waals surface area contributed by atoms with E-state index >= 15 is 0 Å². The van der Waals surface area contributed by atoms with Crippen LogP contribution in [0.25, 0.3) is 0 Å². The van der Waals surface area contributed by atoms with Crippen LogP contribution in [0.15, 0.2) is 18.2 Å². The second-order valence-electron chi connectivity index (χ2n) is 7.32. The monoisotopic (exact) mass is 451 g/mol. The average Bonchev–Trinajstić information content (AvgIpc) is 2.75. The lowest BCUT2D eigenvalue weighted by molar-refractivity contribution is -0.278. The Morgan fingerprint density at radius 1 is 1.19 bits per heavy atom. The number of carbonyl (C=O) groups excluding carboxylic acids is 3. The first-order chi connectivity index (χ1) is 14.2. The molecule has 0 fully saturated rings. The number of aryl methyl sites for hydroxylation is 1. The predicted octanol–water partition coefficient (Wildman–Crippen LogP) is 2.17. The molecule has 0 bridgehead atoms. The number of fused-ring (bicyclic) bond motifs is 1. The number of amides is 3. The van der Waals surface area contributed by atoms with Gasteiger partial charge in [-0.25, -0.2) is 0 Å². The Kier molecular flexibility index (Phi) is 6.81. The van der Waals surface area contributed by atoms with Crippen molar-refractivity contribution in [2.24, 2.45) is 5.92 Å². The maximum absolute atomic E-state index is 13.0. The van der Waals surface area contributed by atoms with Crippen molar-refractivity contribution < 1.29 is 41.1 Å². The van der Waals surface area contributed by atoms with Crippen molar-refractivity contribution in [3.63, 3.8) is 0 Å². The van der Waals surface area contributed by atoms with Gasteiger partial charge in [0.25, 0.3) is 5.91 Å². The molecule has 0 saturated heterocycles. The highest BCUT2D eigenvalue weighted by Crippen LogP contribution is 2.35. The first-order valence-corrected chi connectivity index (χ1v) is 9.23. The van der Waals surface area contributed by atoms with Crippen LogP contribution in [0.2, 0.25) is 0 Å². The van der Waals surface area contributed by atoms with Crippen molar-refractivity contribution in [1.82, 2.24) is 10.6 Å². The van der Waals surface area contributed by atoms with E-state index in [2.05, 4.69) is 5.32 Å². The van der Waals surface area contributed by atoms with Gasteiger partial charge in [0.2, 0.25) is 11.8 Å². The van der Waals surface area contributed by atoms with Gasteiger partial charge < -0.3 is 20.3 Å². The van der Waals surface area contributed by atoms with Crippen LogP contribution in [-0.2, 0) is 14.4 Å². The molecule has 7 nitrogen and oxygen atoms in total. The highest BCUT2D eigenvalue weighted by molar-refractivity contribution is 6.04. The zero-order valence-electron chi connectivity index (χ0n) is 17.1. The highest BCUT2D eigenvalue weighted by Gasteiger charge is 2.57. The molecule has 1 aromatic carbocycles. The Bertz CT molecular complexity index is 875. The topological polar surface area (TPSA) is 87.7 Å². The van der Waals surface area contributed by atoms with E-state index in [1.807, 2.05) is 6.92 Å². The Balaban J connectivity index is 2.08. The van der Waals surface area contributed by atoms with Gasteiger partial charge in [-0.1, -0.05) is 6.07 Å². The molecule has 1 aliphatic rings. The summed E-state index contributed by atoms with van der Waals surface area (Å²) in [5.41, 5.74) is 1.33. The third-order valence-electron chi connectivity index (χ3n) is 4.84. The maximum Gasteiger partial charge on any atom is 0.455 e. The van der Waals surface area contributed by atoms with E-state index < -0.39 is 54.4 Å². The molecule has 2 N–H and O–H groups in total. The van der Waals surface area contributed by atoms with Crippen LogP contribution in [0.4, 0.5) is 27.6 Å². The zero-order valence-corrected chi connectivity index (χ0v) is 17.1. The second-order valence-corrected chi connectivity index (χ2v) is 7.32. The number of nitrogens with one attached hydrogen (secondary N) is 2. The summed E-state index contributed by atoms with van der Waals surface area (Å²) in [5.74, 6) is -9.32. The minimum absolute atomic E-state index is 0.394. The first kappa shape index (κ1) is 24.4. The van der Waals surface area contributed by atoms with E-state index in [9.17, 15) is 36.3 Å². The lowest BCUT2D eigenvalue weighted by atomic mass is 10.1. The molecule has 0 aromatic heterocycles. The van der Waals surface area contributed by atoms with Crippen molar-refractivity contribution in [3.8, 4) is 5.75 Å². The van der Waals surface area contributed by atoms with E-state index in [-0.39, 0.29) is 0 Å². The standard InChI is InChI=1S/C19H22F5N3O4/c1-9-5-6-13-12(7-9)27(4)17(30)14(11(3)31-13)26-16(29)10(2)15(28)25-8-18(20,21)19(22,23)24/h5-7,10-11,14H,8H2,1-4H3,(H,25,28)(H,26,29)/t10?,11-,14+/m1/s1. The summed E-state index contributed by atoms with van der Waals surface area (Å²) in [6, 6.07) is 3.91. The molecule has 31 heavy (non-hydrogen) atoms. The molecule has 0 radical (unpaired) electrons. The van der Waals surface area contributed by atoms with Crippen molar-refractivity contribution in [3.05, 3.63) is 23.8 Å². The molecule has 1 aromatic rings. The van der Waals surface area contributed by atoms with Crippen LogP contribution in [0.5, 0.6) is 5.75 Å². The van der Waals surface area contributed by atoms with Crippen LogP contribution >= 0.6 is 0 Å². The van der Waals surface area contributed by atoms with Crippen LogP contribution in [0.1, 0.15) is 19.4 Å². The SMILES string of the molecule is Cc1ccc2c(c1)N(C)C(=O)[C@@H](NC(=O)C(C)C(=O)NCC(F)(F)C(F)(F)F)[C@@H](C)O2. The normalized spacial score (nSPS) is 20.3. The number of nitrogens with zero attached hydrogens (tertiary/aromatic N) is 1. The van der Waals surface area contributed by atoms with Gasteiger partial charge in [-0.05, 0) is 38.5 Å². The number of carbonyl (C=O) groups is 3. The summed E-state index contributed by atoms with van der Waals surface area (Å²) < 4.78 is 68.3. The van der Waals surface area contributed by atoms with Gasteiger partial charge in [0, 0.05) is 7.05 Å². The molecule has 3 atom stereocenters. The van der Waals surface area contributed by atoms with Crippen LogP contribution in [-0.4, -0.2) is 55.6 Å². The number of likely N-dealkylation sites (N-methyl/N-ethyl adjacent to an activating group) is 1. The highest BCUT2D eigenvalue weighted by atomic mass is 19.4. The molecule has 0 saturated carbocycles. The largest absolute Gasteiger partial charge is 0.486 e. The number of ether oxygens (including phenoxy) is 1. The molecule has 2 rings (SSSR count). The predicted molar refractivity (Wildman–Crippen MR) is 99.8 cm³/mol. The molecule has 0 spiro atoms. The fraction of sp³-hybridized carbons (Fsp3) is 0.526. The molecule has 12 heteroatoms. The van der Waals surface area contributed by atoms with Gasteiger partial charge in [0.1, 0.15) is 23.8 Å². The summed E-state index contributed by atoms with van der Waals surface area (Å²) in [5, 5.41) is 3.74. The van der Waals surface area contributed by atoms with Gasteiger partial charge >= 0.3 is 12.1 Å². The van der Waals surface area contributed by atoms with E-state index in [4.69, 9.17) is 4.74 Å². The number of anilines is 1. The molecule has 1 aliphatic heterocycles. The van der Waals surface area contributed by atoms with Crippen molar-refractivity contribution in [2.45, 2.75) is 45.0 Å². The molecule has 0 aliphatic carbocycles. The number of benzene rings is 1. The van der Waals surface area contributed by atoms with Crippen molar-refractivity contribution in [2.75, 3.05) is 18.5 Å². The number of halogens is 5. The van der Waals surface area contributed by atoms with E-state index in [1.54, 1.807) is 18.2 Å². The second kappa shape index (κ2) is 8.67. The van der Waals surface area contributed by atoms with Crippen molar-refractivity contribution in [1.29, 1.82) is 0 Å². The maximum atomic E-state index is 13.0. The van der Waals surface area contributed by atoms with Crippen molar-refractivity contribution >= 4 is 23.4 Å². The van der Waals surface area contributed by atoms with Gasteiger partial charge in [-0.3, -0.25) is 14.4 Å². The summed E-state index contributed by atoms with van der Waals surface area (Å²) in [4.78, 5) is 38.4. The van der Waals surface area contributed by atoms with Gasteiger partial charge in [0.05, 0.1) is 12.2 Å². The van der Waals surface area contributed by atoms with E-state index in [1.165, 1.54) is 24.2 Å². The molecule has 1 heterocycles. The minimum atomic E-state index is -5.84. The van der Waals surface area contributed by atoms with Crippen LogP contribution in [0.3, 0.4) is 0 Å². The smallest absolute Gasteiger partial charge is 0.455 e. The lowest BCUT2D eigenvalue weighted by Gasteiger charge is -2.25. The summed E-state index contributed by atoms with van der Waals surface area (Å²) in [6.07, 6.45) is -6.70. The number of hydrogen-bond donors (Lipinski definition) is 2. The Hall–Kier alpha value is -2.92. The fourth-order valence-corrected chi connectivity index (χ4v) is 2.81. The number of alkyl halides is 5. The third kappa shape index (κ3) is 5.23. The number of hydrogen-bond acceptors (Lipinski definition) is 4. The Labute approximate surface area is 174 Å². The van der Waals surface area contributed by atoms with Gasteiger partial charge in [-0.2, -0.15) is 22.0 Å². The molecule has 1 unspecified atom stereocenters. The average molecular weight is 451 g/mol. The first-order valence-electron chi connectivity index (χ1n) is 9.23. The van der Waals surface area contributed by atoms with Gasteiger partial charge in [-0.15, -0.1) is 0 Å².